The Morgan fingerprint density at radius 3 is 2.55 bits per heavy atom. The molecule has 1 aromatic heterocycles. The van der Waals surface area contributed by atoms with E-state index in [4.69, 9.17) is 0 Å². The highest BCUT2D eigenvalue weighted by atomic mass is 32.2. The standard InChI is InChI=1S/C22H24FN5O2S/c1-14-8-9-15(2)18(12-14)25-21(30)13-31-22-27-26-19(28(22)3)10-11-20(29)24-17-7-5-4-6-16(17)23/h4-9,12H,10-11,13H2,1-3H3,(H,24,29)(H,25,30). The lowest BCUT2D eigenvalue weighted by Gasteiger charge is -2.09. The number of nitrogens with one attached hydrogen (secondary N) is 2. The first-order valence-electron chi connectivity index (χ1n) is 9.76. The van der Waals surface area contributed by atoms with E-state index in [0.717, 1.165) is 16.8 Å². The van der Waals surface area contributed by atoms with Gasteiger partial charge in [0.15, 0.2) is 5.16 Å². The van der Waals surface area contributed by atoms with Crippen LogP contribution in [0.25, 0.3) is 0 Å². The maximum atomic E-state index is 13.6. The number of hydrogen-bond donors (Lipinski definition) is 2. The van der Waals surface area contributed by atoms with E-state index < -0.39 is 5.82 Å². The number of aromatic nitrogens is 3. The Balaban J connectivity index is 1.50. The van der Waals surface area contributed by atoms with Gasteiger partial charge in [0.2, 0.25) is 11.8 Å². The van der Waals surface area contributed by atoms with Crippen LogP contribution in [0.3, 0.4) is 0 Å². The second-order valence-corrected chi connectivity index (χ2v) is 8.08. The van der Waals surface area contributed by atoms with Crippen LogP contribution < -0.4 is 10.6 Å². The molecule has 0 atom stereocenters. The van der Waals surface area contributed by atoms with Gasteiger partial charge in [0, 0.05) is 25.6 Å². The minimum Gasteiger partial charge on any atom is -0.325 e. The van der Waals surface area contributed by atoms with Crippen LogP contribution in [0.15, 0.2) is 47.6 Å². The van der Waals surface area contributed by atoms with Crippen molar-refractivity contribution in [1.82, 2.24) is 14.8 Å². The first-order chi connectivity index (χ1) is 14.8. The highest BCUT2D eigenvalue weighted by Crippen LogP contribution is 2.20. The van der Waals surface area contributed by atoms with Gasteiger partial charge >= 0.3 is 0 Å². The molecule has 0 aliphatic heterocycles. The van der Waals surface area contributed by atoms with Gasteiger partial charge in [-0.2, -0.15) is 0 Å². The van der Waals surface area contributed by atoms with Crippen molar-refractivity contribution in [2.75, 3.05) is 16.4 Å². The summed E-state index contributed by atoms with van der Waals surface area (Å²) in [6.07, 6.45) is 0.483. The van der Waals surface area contributed by atoms with Crippen molar-refractivity contribution in [3.05, 3.63) is 65.2 Å². The average Bonchev–Trinajstić information content (AvgIpc) is 3.09. The predicted octanol–water partition coefficient (Wildman–Crippen LogP) is 3.87. The number of hydrogen-bond acceptors (Lipinski definition) is 5. The van der Waals surface area contributed by atoms with Crippen molar-refractivity contribution in [2.24, 2.45) is 7.05 Å². The van der Waals surface area contributed by atoms with Crippen molar-refractivity contribution in [3.8, 4) is 0 Å². The maximum absolute atomic E-state index is 13.6. The Hall–Kier alpha value is -3.20. The van der Waals surface area contributed by atoms with E-state index in [1.807, 2.05) is 32.0 Å². The molecule has 2 amide bonds. The number of carbonyl (C=O) groups excluding carboxylic acids is 2. The van der Waals surface area contributed by atoms with Crippen LogP contribution in [-0.4, -0.2) is 32.3 Å². The molecule has 0 saturated heterocycles. The summed E-state index contributed by atoms with van der Waals surface area (Å²) in [6, 6.07) is 11.9. The van der Waals surface area contributed by atoms with Gasteiger partial charge in [-0.3, -0.25) is 9.59 Å². The van der Waals surface area contributed by atoms with E-state index in [1.165, 1.54) is 23.9 Å². The summed E-state index contributed by atoms with van der Waals surface area (Å²) in [5.74, 6) is -0.121. The average molecular weight is 442 g/mol. The Morgan fingerprint density at radius 2 is 1.77 bits per heavy atom. The number of anilines is 2. The first-order valence-corrected chi connectivity index (χ1v) is 10.7. The number of carbonyl (C=O) groups is 2. The molecule has 3 aromatic rings. The predicted molar refractivity (Wildman–Crippen MR) is 120 cm³/mol. The lowest BCUT2D eigenvalue weighted by molar-refractivity contribution is -0.116. The Labute approximate surface area is 184 Å². The van der Waals surface area contributed by atoms with Crippen molar-refractivity contribution in [1.29, 1.82) is 0 Å². The summed E-state index contributed by atoms with van der Waals surface area (Å²) in [6.45, 7) is 3.92. The molecule has 0 radical (unpaired) electrons. The third-order valence-corrected chi connectivity index (χ3v) is 5.67. The highest BCUT2D eigenvalue weighted by molar-refractivity contribution is 7.99. The maximum Gasteiger partial charge on any atom is 0.234 e. The second kappa shape index (κ2) is 10.2. The topological polar surface area (TPSA) is 88.9 Å². The molecule has 0 saturated carbocycles. The van der Waals surface area contributed by atoms with Crippen molar-refractivity contribution < 1.29 is 14.0 Å². The number of para-hydroxylation sites is 1. The highest BCUT2D eigenvalue weighted by Gasteiger charge is 2.14. The summed E-state index contributed by atoms with van der Waals surface area (Å²) in [5, 5.41) is 14.3. The van der Waals surface area contributed by atoms with Gasteiger partial charge in [-0.15, -0.1) is 10.2 Å². The lowest BCUT2D eigenvalue weighted by Crippen LogP contribution is -2.16. The normalized spacial score (nSPS) is 10.7. The summed E-state index contributed by atoms with van der Waals surface area (Å²) < 4.78 is 15.4. The molecule has 2 N–H and O–H groups in total. The van der Waals surface area contributed by atoms with E-state index in [1.54, 1.807) is 23.7 Å². The molecule has 0 spiro atoms. The van der Waals surface area contributed by atoms with E-state index in [2.05, 4.69) is 20.8 Å². The van der Waals surface area contributed by atoms with Gasteiger partial charge < -0.3 is 15.2 Å². The minimum atomic E-state index is -0.479. The van der Waals surface area contributed by atoms with E-state index in [9.17, 15) is 14.0 Å². The number of thioether (sulfide) groups is 1. The molecule has 2 aromatic carbocycles. The summed E-state index contributed by atoms with van der Waals surface area (Å²) >= 11 is 1.27. The van der Waals surface area contributed by atoms with E-state index in [0.29, 0.717) is 17.4 Å². The SMILES string of the molecule is Cc1ccc(C)c(NC(=O)CSc2nnc(CCC(=O)Nc3ccccc3F)n2C)c1. The van der Waals surface area contributed by atoms with Crippen LogP contribution in [0.2, 0.25) is 0 Å². The van der Waals surface area contributed by atoms with Crippen LogP contribution in [0.4, 0.5) is 15.8 Å². The molecule has 1 heterocycles. The fraction of sp³-hybridized carbons (Fsp3) is 0.273. The van der Waals surface area contributed by atoms with Crippen molar-refractivity contribution in [3.63, 3.8) is 0 Å². The van der Waals surface area contributed by atoms with Crippen LogP contribution in [0.5, 0.6) is 0 Å². The van der Waals surface area contributed by atoms with Crippen molar-refractivity contribution in [2.45, 2.75) is 31.8 Å². The molecule has 0 aliphatic rings. The molecule has 0 aliphatic carbocycles. The molecular weight excluding hydrogens is 417 g/mol. The van der Waals surface area contributed by atoms with Crippen molar-refractivity contribution >= 4 is 35.0 Å². The van der Waals surface area contributed by atoms with Gasteiger partial charge in [-0.05, 0) is 43.2 Å². The van der Waals surface area contributed by atoms with Crippen LogP contribution in [0.1, 0.15) is 23.4 Å². The molecule has 162 valence electrons. The Morgan fingerprint density at radius 1 is 1.03 bits per heavy atom. The van der Waals surface area contributed by atoms with Gasteiger partial charge in [0.1, 0.15) is 11.6 Å². The molecule has 7 nitrogen and oxygen atoms in total. The molecule has 9 heteroatoms. The zero-order valence-electron chi connectivity index (χ0n) is 17.6. The zero-order valence-corrected chi connectivity index (χ0v) is 18.4. The third-order valence-electron chi connectivity index (χ3n) is 4.65. The molecule has 0 fully saturated rings. The fourth-order valence-electron chi connectivity index (χ4n) is 2.88. The summed E-state index contributed by atoms with van der Waals surface area (Å²) in [7, 11) is 1.79. The fourth-order valence-corrected chi connectivity index (χ4v) is 3.61. The van der Waals surface area contributed by atoms with Gasteiger partial charge in [0.25, 0.3) is 0 Å². The van der Waals surface area contributed by atoms with Gasteiger partial charge in [-0.25, -0.2) is 4.39 Å². The van der Waals surface area contributed by atoms with Gasteiger partial charge in [-0.1, -0.05) is 36.0 Å². The summed E-state index contributed by atoms with van der Waals surface area (Å²) in [5.41, 5.74) is 3.02. The van der Waals surface area contributed by atoms with Crippen LogP contribution in [-0.2, 0) is 23.1 Å². The molecule has 0 bridgehead atoms. The van der Waals surface area contributed by atoms with E-state index >= 15 is 0 Å². The zero-order chi connectivity index (χ0) is 22.4. The number of benzene rings is 2. The Bertz CT molecular complexity index is 1100. The van der Waals surface area contributed by atoms with Crippen LogP contribution in [0, 0.1) is 19.7 Å². The number of nitrogens with zero attached hydrogens (tertiary/aromatic N) is 3. The molecule has 3 rings (SSSR count). The van der Waals surface area contributed by atoms with Crippen LogP contribution >= 0.6 is 11.8 Å². The quantitative estimate of drug-likeness (QED) is 0.518. The number of rotatable bonds is 8. The lowest BCUT2D eigenvalue weighted by atomic mass is 10.1. The minimum absolute atomic E-state index is 0.132. The Kier molecular flexibility index (Phi) is 7.41. The monoisotopic (exact) mass is 441 g/mol. The van der Waals surface area contributed by atoms with Gasteiger partial charge in [0.05, 0.1) is 11.4 Å². The second-order valence-electron chi connectivity index (χ2n) is 7.14. The molecule has 31 heavy (non-hydrogen) atoms. The number of amides is 2. The third kappa shape index (κ3) is 6.14. The molecular formula is C22H24FN5O2S. The number of halogens is 1. The largest absolute Gasteiger partial charge is 0.325 e. The van der Waals surface area contributed by atoms with E-state index in [-0.39, 0.29) is 29.7 Å². The smallest absolute Gasteiger partial charge is 0.234 e. The number of aryl methyl sites for hydroxylation is 3. The molecule has 0 unspecified atom stereocenters. The first kappa shape index (κ1) is 22.5. The summed E-state index contributed by atoms with van der Waals surface area (Å²) in [4.78, 5) is 24.4.